The summed E-state index contributed by atoms with van der Waals surface area (Å²) in [6.07, 6.45) is 3.73. The third-order valence-electron chi connectivity index (χ3n) is 11.1. The molecule has 0 aromatic rings. The van der Waals surface area contributed by atoms with Gasteiger partial charge in [-0.05, 0) is 107 Å². The number of aliphatic hydroxyl groups excluding tert-OH is 2. The molecule has 0 bridgehead atoms. The summed E-state index contributed by atoms with van der Waals surface area (Å²) in [6.45, 7) is 31.6. The molecule has 1 aliphatic heterocycles. The molecule has 0 aromatic heterocycles. The number of rotatable bonds is 11. The van der Waals surface area contributed by atoms with Gasteiger partial charge in [0.2, 0.25) is 0 Å². The summed E-state index contributed by atoms with van der Waals surface area (Å²) in [5, 5.41) is 23.1. The third-order valence-corrected chi connectivity index (χ3v) is 20.2. The van der Waals surface area contributed by atoms with Gasteiger partial charge in [0.05, 0.1) is 18.8 Å². The quantitative estimate of drug-likeness (QED) is 0.178. The molecule has 2 aliphatic rings. The fraction of sp³-hybridized carbons (Fsp3) is 0.970. The second-order valence-electron chi connectivity index (χ2n) is 17.4. The molecule has 0 spiro atoms. The van der Waals surface area contributed by atoms with Crippen LogP contribution in [-0.4, -0.2) is 81.5 Å². The summed E-state index contributed by atoms with van der Waals surface area (Å²) in [7, 11) is -3.81. The van der Waals surface area contributed by atoms with Gasteiger partial charge < -0.3 is 23.8 Å². The summed E-state index contributed by atoms with van der Waals surface area (Å²) in [5.41, 5.74) is -1.17. The topological polar surface area (TPSA) is 88.5 Å². The van der Waals surface area contributed by atoms with Crippen molar-refractivity contribution in [1.29, 1.82) is 0 Å². The van der Waals surface area contributed by atoms with Crippen molar-refractivity contribution in [2.24, 2.45) is 17.3 Å². The van der Waals surface area contributed by atoms with Gasteiger partial charge in [0.1, 0.15) is 5.60 Å². The average Bonchev–Trinajstić information content (AvgIpc) is 3.06. The number of aliphatic hydroxyl groups is 2. The standard InChI is InChI=1S/C33H67NO6Si2/c1-24-21-27-33(28(36)22-24,18-16-20-39-42(13,14)32(8,9)10)25(17-15-19-38-41(11,12)31(5,6)7)26(23-35)34(27)29(37)40-30(2,3)4/h24-28,35-36H,15-23H2,1-14H3/t24-,25+,26+,27-,28-,33-/m0/s1. The molecule has 0 radical (unpaired) electrons. The van der Waals surface area contributed by atoms with Gasteiger partial charge in [0, 0.05) is 24.7 Å². The number of hydrogen-bond donors (Lipinski definition) is 2. The van der Waals surface area contributed by atoms with Crippen LogP contribution in [0.4, 0.5) is 4.79 Å². The van der Waals surface area contributed by atoms with E-state index in [0.717, 1.165) is 32.1 Å². The first kappa shape index (κ1) is 37.7. The zero-order valence-electron chi connectivity index (χ0n) is 29.7. The fourth-order valence-corrected chi connectivity index (χ4v) is 8.89. The highest BCUT2D eigenvalue weighted by atomic mass is 28.4. The van der Waals surface area contributed by atoms with Crippen LogP contribution in [0, 0.1) is 17.3 Å². The molecule has 2 N–H and O–H groups in total. The Labute approximate surface area is 260 Å². The zero-order valence-corrected chi connectivity index (χ0v) is 31.7. The minimum absolute atomic E-state index is 0.0570. The molecule has 7 nitrogen and oxygen atoms in total. The molecular formula is C33H67NO6Si2. The molecular weight excluding hydrogens is 563 g/mol. The Kier molecular flexibility index (Phi) is 12.1. The van der Waals surface area contributed by atoms with Crippen LogP contribution in [0.15, 0.2) is 0 Å². The average molecular weight is 630 g/mol. The van der Waals surface area contributed by atoms with Gasteiger partial charge in [-0.15, -0.1) is 0 Å². The Morgan fingerprint density at radius 2 is 1.38 bits per heavy atom. The lowest BCUT2D eigenvalue weighted by Gasteiger charge is -2.50. The Bertz CT molecular complexity index is 890. The Balaban J connectivity index is 2.43. The molecule has 9 heteroatoms. The van der Waals surface area contributed by atoms with Gasteiger partial charge in [-0.2, -0.15) is 0 Å². The lowest BCUT2D eigenvalue weighted by atomic mass is 9.57. The SMILES string of the molecule is C[C@H]1C[C@@H]2N(C(=O)OC(C)(C)C)[C@H](CO)[C@@H](CCCO[Si](C)(C)C(C)(C)C)[C@]2(CCCO[Si](C)(C)C(C)(C)C)[C@@H](O)C1. The Hall–Kier alpha value is -0.456. The Morgan fingerprint density at radius 3 is 1.83 bits per heavy atom. The highest BCUT2D eigenvalue weighted by Crippen LogP contribution is 2.58. The molecule has 0 unspecified atom stereocenters. The van der Waals surface area contributed by atoms with E-state index in [1.807, 2.05) is 25.7 Å². The number of hydrogen-bond acceptors (Lipinski definition) is 6. The third kappa shape index (κ3) is 8.42. The molecule has 6 atom stereocenters. The summed E-state index contributed by atoms with van der Waals surface area (Å²) < 4.78 is 19.0. The molecule has 1 aliphatic carbocycles. The summed E-state index contributed by atoms with van der Waals surface area (Å²) in [6, 6.07) is -0.596. The van der Waals surface area contributed by atoms with Gasteiger partial charge >= 0.3 is 6.09 Å². The van der Waals surface area contributed by atoms with Crippen LogP contribution in [0.2, 0.25) is 36.3 Å². The van der Waals surface area contributed by atoms with E-state index in [1.54, 1.807) is 0 Å². The van der Waals surface area contributed by atoms with Crippen LogP contribution < -0.4 is 0 Å². The van der Waals surface area contributed by atoms with Crippen LogP contribution in [0.5, 0.6) is 0 Å². The van der Waals surface area contributed by atoms with Crippen LogP contribution >= 0.6 is 0 Å². The van der Waals surface area contributed by atoms with E-state index < -0.39 is 39.8 Å². The first-order chi connectivity index (χ1) is 18.9. The number of likely N-dealkylation sites (tertiary alicyclic amines) is 1. The second kappa shape index (κ2) is 13.5. The smallest absolute Gasteiger partial charge is 0.410 e. The molecule has 1 saturated carbocycles. The van der Waals surface area contributed by atoms with Crippen molar-refractivity contribution < 1.29 is 28.6 Å². The number of carbonyl (C=O) groups excluding carboxylic acids is 1. The maximum Gasteiger partial charge on any atom is 0.410 e. The van der Waals surface area contributed by atoms with Crippen molar-refractivity contribution in [1.82, 2.24) is 4.90 Å². The van der Waals surface area contributed by atoms with Crippen LogP contribution in [0.1, 0.15) is 108 Å². The molecule has 2 fully saturated rings. The first-order valence-corrected chi connectivity index (χ1v) is 22.3. The van der Waals surface area contributed by atoms with Crippen molar-refractivity contribution in [3.05, 3.63) is 0 Å². The lowest BCUT2D eigenvalue weighted by molar-refractivity contribution is -0.0830. The van der Waals surface area contributed by atoms with E-state index >= 15 is 0 Å². The number of ether oxygens (including phenoxy) is 1. The minimum Gasteiger partial charge on any atom is -0.444 e. The van der Waals surface area contributed by atoms with E-state index in [0.29, 0.717) is 19.6 Å². The van der Waals surface area contributed by atoms with E-state index in [4.69, 9.17) is 13.6 Å². The van der Waals surface area contributed by atoms with Crippen LogP contribution in [-0.2, 0) is 13.6 Å². The maximum absolute atomic E-state index is 13.8. The molecule has 42 heavy (non-hydrogen) atoms. The van der Waals surface area contributed by atoms with Crippen LogP contribution in [0.25, 0.3) is 0 Å². The van der Waals surface area contributed by atoms with Gasteiger partial charge in [-0.1, -0.05) is 48.5 Å². The second-order valence-corrected chi connectivity index (χ2v) is 27.0. The molecule has 1 saturated heterocycles. The molecule has 1 heterocycles. The van der Waals surface area contributed by atoms with Crippen molar-refractivity contribution in [2.45, 2.75) is 168 Å². The van der Waals surface area contributed by atoms with Gasteiger partial charge in [0.25, 0.3) is 0 Å². The summed E-state index contributed by atoms with van der Waals surface area (Å²) in [5.74, 6) is 0.213. The van der Waals surface area contributed by atoms with Crippen molar-refractivity contribution >= 4 is 22.7 Å². The summed E-state index contributed by atoms with van der Waals surface area (Å²) >= 11 is 0. The number of carbonyl (C=O) groups is 1. The molecule has 0 aromatic carbocycles. The molecule has 2 rings (SSSR count). The van der Waals surface area contributed by atoms with E-state index in [-0.39, 0.29) is 40.7 Å². The van der Waals surface area contributed by atoms with Crippen LogP contribution in [0.3, 0.4) is 0 Å². The lowest BCUT2D eigenvalue weighted by Crippen LogP contribution is -2.55. The minimum atomic E-state index is -1.91. The highest BCUT2D eigenvalue weighted by molar-refractivity contribution is 6.74. The molecule has 248 valence electrons. The van der Waals surface area contributed by atoms with Crippen molar-refractivity contribution in [3.8, 4) is 0 Å². The fourth-order valence-electron chi connectivity index (χ4n) is 6.71. The first-order valence-electron chi connectivity index (χ1n) is 16.5. The van der Waals surface area contributed by atoms with E-state index in [2.05, 4.69) is 74.7 Å². The predicted molar refractivity (Wildman–Crippen MR) is 178 cm³/mol. The predicted octanol–water partition coefficient (Wildman–Crippen LogP) is 7.96. The highest BCUT2D eigenvalue weighted by Gasteiger charge is 2.64. The monoisotopic (exact) mass is 629 g/mol. The Morgan fingerprint density at radius 1 is 0.881 bits per heavy atom. The maximum atomic E-state index is 13.8. The number of fused-ring (bicyclic) bond motifs is 1. The normalized spacial score (nSPS) is 29.5. The van der Waals surface area contributed by atoms with Gasteiger partial charge in [-0.3, -0.25) is 4.90 Å². The van der Waals surface area contributed by atoms with Gasteiger partial charge in [-0.25, -0.2) is 4.79 Å². The van der Waals surface area contributed by atoms with Gasteiger partial charge in [0.15, 0.2) is 16.6 Å². The van der Waals surface area contributed by atoms with E-state index in [9.17, 15) is 15.0 Å². The summed E-state index contributed by atoms with van der Waals surface area (Å²) in [4.78, 5) is 15.6. The largest absolute Gasteiger partial charge is 0.444 e. The zero-order chi connectivity index (χ0) is 32.5. The van der Waals surface area contributed by atoms with E-state index in [1.165, 1.54) is 0 Å². The number of nitrogens with zero attached hydrogens (tertiary/aromatic N) is 1. The number of amides is 1. The molecule has 1 amide bonds. The van der Waals surface area contributed by atoms with Crippen molar-refractivity contribution in [2.75, 3.05) is 19.8 Å². The van der Waals surface area contributed by atoms with Crippen molar-refractivity contribution in [3.63, 3.8) is 0 Å².